The van der Waals surface area contributed by atoms with E-state index in [9.17, 15) is 9.59 Å². The molecule has 21 heavy (non-hydrogen) atoms. The molecule has 110 valence electrons. The Morgan fingerprint density at radius 2 is 1.81 bits per heavy atom. The predicted octanol–water partition coefficient (Wildman–Crippen LogP) is 2.63. The van der Waals surface area contributed by atoms with E-state index in [0.717, 1.165) is 16.7 Å². The summed E-state index contributed by atoms with van der Waals surface area (Å²) in [5.41, 5.74) is 3.08. The van der Waals surface area contributed by atoms with Gasteiger partial charge in [0.05, 0.1) is 13.1 Å². The summed E-state index contributed by atoms with van der Waals surface area (Å²) >= 11 is 5.24. The molecule has 5 heteroatoms. The van der Waals surface area contributed by atoms with Crippen molar-refractivity contribution >= 4 is 18.0 Å². The third-order valence-electron chi connectivity index (χ3n) is 3.15. The van der Waals surface area contributed by atoms with Gasteiger partial charge in [-0.25, -0.2) is 4.79 Å². The summed E-state index contributed by atoms with van der Waals surface area (Å²) in [4.78, 5) is 23.6. The molecule has 0 aliphatic rings. The fraction of sp³-hybridized carbons (Fsp3) is 0.312. The molecule has 0 N–H and O–H groups in total. The summed E-state index contributed by atoms with van der Waals surface area (Å²) in [6, 6.07) is 7.84. The Balaban J connectivity index is 2.46. The first kappa shape index (κ1) is 15.4. The Kier molecular flexibility index (Phi) is 4.53. The highest BCUT2D eigenvalue weighted by Gasteiger charge is 2.06. The van der Waals surface area contributed by atoms with Crippen LogP contribution < -0.4 is 5.69 Å². The number of aromatic nitrogens is 2. The van der Waals surface area contributed by atoms with Crippen molar-refractivity contribution in [2.24, 2.45) is 0 Å². The summed E-state index contributed by atoms with van der Waals surface area (Å²) in [6.45, 7) is 5.99. The quantitative estimate of drug-likeness (QED) is 0.816. The number of nitrogens with zero attached hydrogens (tertiary/aromatic N) is 2. The molecule has 1 aromatic carbocycles. The van der Waals surface area contributed by atoms with Gasteiger partial charge in [0.25, 0.3) is 0 Å². The van der Waals surface area contributed by atoms with Gasteiger partial charge in [0.15, 0.2) is 0 Å². The third kappa shape index (κ3) is 3.76. The normalized spacial score (nSPS) is 10.6. The van der Waals surface area contributed by atoms with Crippen LogP contribution in [0.5, 0.6) is 0 Å². The number of aryl methyl sites for hydroxylation is 2. The third-order valence-corrected chi connectivity index (χ3v) is 3.51. The van der Waals surface area contributed by atoms with E-state index in [1.54, 1.807) is 12.3 Å². The van der Waals surface area contributed by atoms with Crippen molar-refractivity contribution in [1.82, 2.24) is 9.13 Å². The molecular formula is C16H18N2O2S. The van der Waals surface area contributed by atoms with Crippen LogP contribution >= 0.6 is 12.2 Å². The number of carbonyl (C=O) groups excluding carboxylic acids is 1. The van der Waals surface area contributed by atoms with Gasteiger partial charge in [-0.3, -0.25) is 13.9 Å². The second-order valence-corrected chi connectivity index (χ2v) is 5.77. The second-order valence-electron chi connectivity index (χ2n) is 5.35. The first-order chi connectivity index (χ1) is 9.86. The molecule has 1 heterocycles. The fourth-order valence-electron chi connectivity index (χ4n) is 2.41. The first-order valence-electron chi connectivity index (χ1n) is 6.74. The minimum Gasteiger partial charge on any atom is -0.298 e. The van der Waals surface area contributed by atoms with Crippen molar-refractivity contribution in [3.05, 3.63) is 62.3 Å². The fourth-order valence-corrected chi connectivity index (χ4v) is 2.61. The number of ketones is 1. The number of carbonyl (C=O) groups is 1. The monoisotopic (exact) mass is 302 g/mol. The lowest BCUT2D eigenvalue weighted by Gasteiger charge is -2.11. The Bertz CT molecular complexity index is 782. The molecule has 0 saturated heterocycles. The van der Waals surface area contributed by atoms with Gasteiger partial charge < -0.3 is 0 Å². The van der Waals surface area contributed by atoms with Gasteiger partial charge in [0, 0.05) is 6.20 Å². The zero-order chi connectivity index (χ0) is 15.6. The van der Waals surface area contributed by atoms with Gasteiger partial charge in [-0.2, -0.15) is 0 Å². The highest BCUT2D eigenvalue weighted by Crippen LogP contribution is 2.10. The molecule has 0 atom stereocenters. The first-order valence-corrected chi connectivity index (χ1v) is 7.14. The smallest absolute Gasteiger partial charge is 0.298 e. The maximum Gasteiger partial charge on any atom is 0.329 e. The molecule has 0 amide bonds. The van der Waals surface area contributed by atoms with Crippen LogP contribution in [0.2, 0.25) is 0 Å². The maximum atomic E-state index is 12.4. The summed E-state index contributed by atoms with van der Waals surface area (Å²) < 4.78 is 3.38. The van der Waals surface area contributed by atoms with Crippen LogP contribution in [0.15, 0.2) is 35.3 Å². The Labute approximate surface area is 128 Å². The summed E-state index contributed by atoms with van der Waals surface area (Å²) in [6.07, 6.45) is 1.57. The molecule has 0 bridgehead atoms. The largest absolute Gasteiger partial charge is 0.329 e. The number of hydrogen-bond acceptors (Lipinski definition) is 3. The Morgan fingerprint density at radius 1 is 1.19 bits per heavy atom. The second kappa shape index (κ2) is 6.18. The van der Waals surface area contributed by atoms with Crippen molar-refractivity contribution in [3.63, 3.8) is 0 Å². The molecular weight excluding hydrogens is 284 g/mol. The van der Waals surface area contributed by atoms with Crippen molar-refractivity contribution in [1.29, 1.82) is 0 Å². The molecule has 4 nitrogen and oxygen atoms in total. The van der Waals surface area contributed by atoms with Crippen LogP contribution in [-0.2, 0) is 17.9 Å². The molecule has 0 fully saturated rings. The summed E-state index contributed by atoms with van der Waals surface area (Å²) in [5.74, 6) is -0.0628. The van der Waals surface area contributed by atoms with Crippen LogP contribution in [0.25, 0.3) is 0 Å². The minimum absolute atomic E-state index is 0.0628. The highest BCUT2D eigenvalue weighted by atomic mass is 32.1. The van der Waals surface area contributed by atoms with Crippen molar-refractivity contribution in [2.45, 2.75) is 33.9 Å². The lowest BCUT2D eigenvalue weighted by Crippen LogP contribution is -2.32. The molecule has 0 spiro atoms. The molecule has 0 radical (unpaired) electrons. The number of benzene rings is 1. The number of rotatable bonds is 4. The van der Waals surface area contributed by atoms with Gasteiger partial charge in [-0.1, -0.05) is 41.5 Å². The van der Waals surface area contributed by atoms with E-state index in [4.69, 9.17) is 12.2 Å². The van der Waals surface area contributed by atoms with Crippen LogP contribution in [0, 0.1) is 18.5 Å². The van der Waals surface area contributed by atoms with E-state index in [2.05, 4.69) is 6.07 Å². The number of Topliss-reactive ketones (excluding diaryl/α,β-unsaturated/α-hetero) is 1. The minimum atomic E-state index is -0.253. The van der Waals surface area contributed by atoms with E-state index in [0.29, 0.717) is 11.2 Å². The zero-order valence-electron chi connectivity index (χ0n) is 12.4. The van der Waals surface area contributed by atoms with Gasteiger partial charge in [0.1, 0.15) is 10.4 Å². The Hall–Kier alpha value is -2.01. The average molecular weight is 302 g/mol. The molecule has 0 saturated carbocycles. The van der Waals surface area contributed by atoms with Crippen LogP contribution in [0.1, 0.15) is 23.6 Å². The molecule has 0 aliphatic carbocycles. The SMILES string of the molecule is CC(=O)Cn1ccc(=S)n(Cc2cc(C)cc(C)c2)c1=O. The highest BCUT2D eigenvalue weighted by molar-refractivity contribution is 7.71. The van der Waals surface area contributed by atoms with Gasteiger partial charge in [-0.05, 0) is 32.4 Å². The molecule has 0 aliphatic heterocycles. The van der Waals surface area contributed by atoms with E-state index < -0.39 is 0 Å². The standard InChI is InChI=1S/C16H18N2O2S/c1-11-6-12(2)8-14(7-11)10-18-15(21)4-5-17(16(18)20)9-13(3)19/h4-8H,9-10H2,1-3H3. The predicted molar refractivity (Wildman–Crippen MR) is 85.2 cm³/mol. The van der Waals surface area contributed by atoms with Gasteiger partial charge in [0.2, 0.25) is 0 Å². The maximum absolute atomic E-state index is 12.4. The van der Waals surface area contributed by atoms with Crippen LogP contribution in [0.4, 0.5) is 0 Å². The van der Waals surface area contributed by atoms with Crippen LogP contribution in [0.3, 0.4) is 0 Å². The average Bonchev–Trinajstić information content (AvgIpc) is 2.36. The molecule has 2 aromatic rings. The van der Waals surface area contributed by atoms with Gasteiger partial charge in [-0.15, -0.1) is 0 Å². The topological polar surface area (TPSA) is 44.0 Å². The molecule has 1 aromatic heterocycles. The van der Waals surface area contributed by atoms with Crippen molar-refractivity contribution in [2.75, 3.05) is 0 Å². The summed E-state index contributed by atoms with van der Waals surface area (Å²) in [5, 5.41) is 0. The Morgan fingerprint density at radius 3 is 2.38 bits per heavy atom. The van der Waals surface area contributed by atoms with Crippen molar-refractivity contribution in [3.8, 4) is 0 Å². The van der Waals surface area contributed by atoms with Crippen LogP contribution in [-0.4, -0.2) is 14.9 Å². The van der Waals surface area contributed by atoms with E-state index >= 15 is 0 Å². The van der Waals surface area contributed by atoms with Gasteiger partial charge >= 0.3 is 5.69 Å². The lowest BCUT2D eigenvalue weighted by molar-refractivity contribution is -0.117. The van der Waals surface area contributed by atoms with Crippen molar-refractivity contribution < 1.29 is 4.79 Å². The molecule has 2 rings (SSSR count). The molecule has 0 unspecified atom stereocenters. The lowest BCUT2D eigenvalue weighted by atomic mass is 10.1. The van der Waals surface area contributed by atoms with E-state index in [-0.39, 0.29) is 18.0 Å². The number of hydrogen-bond donors (Lipinski definition) is 0. The van der Waals surface area contributed by atoms with E-state index in [1.165, 1.54) is 16.1 Å². The zero-order valence-corrected chi connectivity index (χ0v) is 13.2. The summed E-state index contributed by atoms with van der Waals surface area (Å²) in [7, 11) is 0. The van der Waals surface area contributed by atoms with E-state index in [1.807, 2.05) is 26.0 Å².